The van der Waals surface area contributed by atoms with Gasteiger partial charge in [0.05, 0.1) is 0 Å². The molecule has 18 heavy (non-hydrogen) atoms. The number of rotatable bonds is 5. The van der Waals surface area contributed by atoms with Gasteiger partial charge in [-0.2, -0.15) is 0 Å². The topological polar surface area (TPSA) is 58.2 Å². The molecule has 1 unspecified atom stereocenters. The third-order valence-corrected chi connectivity index (χ3v) is 2.63. The summed E-state index contributed by atoms with van der Waals surface area (Å²) >= 11 is 0. The number of carbonyl (C=O) groups excluding carboxylic acids is 2. The number of ketones is 1. The number of hydrogen-bond acceptors (Lipinski definition) is 2. The van der Waals surface area contributed by atoms with Gasteiger partial charge in [0.25, 0.3) is 0 Å². The quantitative estimate of drug-likeness (QED) is 0.786. The summed E-state index contributed by atoms with van der Waals surface area (Å²) in [6.07, 6.45) is 1.97. The molecule has 0 saturated carbocycles. The molecule has 0 aromatic heterocycles. The van der Waals surface area contributed by atoms with Gasteiger partial charge >= 0.3 is 6.03 Å². The molecule has 98 valence electrons. The van der Waals surface area contributed by atoms with E-state index in [0.29, 0.717) is 11.3 Å². The lowest BCUT2D eigenvalue weighted by Crippen LogP contribution is -2.35. The first-order chi connectivity index (χ1) is 8.52. The molecule has 0 fully saturated rings. The zero-order chi connectivity index (χ0) is 13.5. The molecule has 4 nitrogen and oxygen atoms in total. The Labute approximate surface area is 108 Å². The average Bonchev–Trinajstić information content (AvgIpc) is 2.29. The van der Waals surface area contributed by atoms with Crippen LogP contribution in [0.2, 0.25) is 0 Å². The van der Waals surface area contributed by atoms with Gasteiger partial charge in [-0.25, -0.2) is 4.79 Å². The van der Waals surface area contributed by atoms with Crippen LogP contribution in [-0.2, 0) is 0 Å². The van der Waals surface area contributed by atoms with Crippen molar-refractivity contribution in [3.8, 4) is 0 Å². The maximum Gasteiger partial charge on any atom is 0.319 e. The molecule has 0 heterocycles. The van der Waals surface area contributed by atoms with Crippen LogP contribution in [0.25, 0.3) is 0 Å². The minimum atomic E-state index is -0.239. The van der Waals surface area contributed by atoms with Gasteiger partial charge in [0.2, 0.25) is 0 Å². The van der Waals surface area contributed by atoms with Gasteiger partial charge in [-0.1, -0.05) is 25.5 Å². The molecule has 0 aliphatic carbocycles. The van der Waals surface area contributed by atoms with Gasteiger partial charge in [-0.15, -0.1) is 0 Å². The van der Waals surface area contributed by atoms with Crippen LogP contribution >= 0.6 is 0 Å². The maximum atomic E-state index is 11.7. The summed E-state index contributed by atoms with van der Waals surface area (Å²) in [7, 11) is 0. The third kappa shape index (κ3) is 4.57. The van der Waals surface area contributed by atoms with E-state index in [2.05, 4.69) is 17.6 Å². The molecule has 1 rings (SSSR count). The molecule has 2 N–H and O–H groups in total. The second-order valence-electron chi connectivity index (χ2n) is 4.43. The second-order valence-corrected chi connectivity index (χ2v) is 4.43. The Morgan fingerprint density at radius 3 is 2.67 bits per heavy atom. The summed E-state index contributed by atoms with van der Waals surface area (Å²) in [5.74, 6) is -0.0154. The molecule has 1 aromatic carbocycles. The van der Waals surface area contributed by atoms with Crippen molar-refractivity contribution < 1.29 is 9.59 Å². The van der Waals surface area contributed by atoms with E-state index in [9.17, 15) is 9.59 Å². The monoisotopic (exact) mass is 248 g/mol. The van der Waals surface area contributed by atoms with Crippen LogP contribution in [0.1, 0.15) is 44.0 Å². The molecular weight excluding hydrogens is 228 g/mol. The Balaban J connectivity index is 2.59. The molecule has 0 aliphatic rings. The lowest BCUT2D eigenvalue weighted by Gasteiger charge is -2.13. The van der Waals surface area contributed by atoms with E-state index >= 15 is 0 Å². The van der Waals surface area contributed by atoms with Gasteiger partial charge in [0.15, 0.2) is 5.78 Å². The first-order valence-corrected chi connectivity index (χ1v) is 6.21. The van der Waals surface area contributed by atoms with Crippen molar-refractivity contribution in [2.45, 2.75) is 39.7 Å². The summed E-state index contributed by atoms with van der Waals surface area (Å²) in [5.41, 5.74) is 1.22. The summed E-state index contributed by atoms with van der Waals surface area (Å²) in [6, 6.07) is 6.82. The molecule has 0 spiro atoms. The smallest absolute Gasteiger partial charge is 0.319 e. The Morgan fingerprint density at radius 1 is 1.33 bits per heavy atom. The predicted octanol–water partition coefficient (Wildman–Crippen LogP) is 3.20. The summed E-state index contributed by atoms with van der Waals surface area (Å²) in [5, 5.41) is 5.57. The van der Waals surface area contributed by atoms with Gasteiger partial charge in [0.1, 0.15) is 0 Å². The van der Waals surface area contributed by atoms with Crippen molar-refractivity contribution in [2.75, 3.05) is 5.32 Å². The normalized spacial score (nSPS) is 11.7. The number of anilines is 1. The summed E-state index contributed by atoms with van der Waals surface area (Å²) in [4.78, 5) is 22.9. The van der Waals surface area contributed by atoms with Crippen molar-refractivity contribution in [1.29, 1.82) is 0 Å². The molecule has 4 heteroatoms. The van der Waals surface area contributed by atoms with Crippen LogP contribution in [0.3, 0.4) is 0 Å². The fourth-order valence-corrected chi connectivity index (χ4v) is 1.71. The van der Waals surface area contributed by atoms with Crippen molar-refractivity contribution in [2.24, 2.45) is 0 Å². The van der Waals surface area contributed by atoms with Crippen LogP contribution < -0.4 is 10.6 Å². The minimum absolute atomic E-state index is 0.0154. The number of hydrogen-bond donors (Lipinski definition) is 2. The number of amides is 2. The Kier molecular flexibility index (Phi) is 5.36. The highest BCUT2D eigenvalue weighted by Crippen LogP contribution is 2.11. The number of benzene rings is 1. The Morgan fingerprint density at radius 2 is 2.06 bits per heavy atom. The zero-order valence-electron chi connectivity index (χ0n) is 11.1. The van der Waals surface area contributed by atoms with E-state index in [1.807, 2.05) is 6.92 Å². The third-order valence-electron chi connectivity index (χ3n) is 2.63. The van der Waals surface area contributed by atoms with E-state index in [1.54, 1.807) is 24.3 Å². The minimum Gasteiger partial charge on any atom is -0.335 e. The molecule has 0 saturated heterocycles. The first kappa shape index (κ1) is 14.2. The lowest BCUT2D eigenvalue weighted by molar-refractivity contribution is 0.101. The van der Waals surface area contributed by atoms with Crippen molar-refractivity contribution in [1.82, 2.24) is 5.32 Å². The fourth-order valence-electron chi connectivity index (χ4n) is 1.71. The second kappa shape index (κ2) is 6.79. The van der Waals surface area contributed by atoms with Crippen LogP contribution in [0.4, 0.5) is 10.5 Å². The SMILES string of the molecule is CCCC(C)NC(=O)Nc1cccc(C(C)=O)c1. The van der Waals surface area contributed by atoms with E-state index in [4.69, 9.17) is 0 Å². The molecule has 1 aromatic rings. The highest BCUT2D eigenvalue weighted by molar-refractivity contribution is 5.96. The highest BCUT2D eigenvalue weighted by Gasteiger charge is 2.07. The van der Waals surface area contributed by atoms with Crippen LogP contribution in [0.5, 0.6) is 0 Å². The Hall–Kier alpha value is -1.84. The molecule has 0 aliphatic heterocycles. The van der Waals surface area contributed by atoms with Gasteiger partial charge < -0.3 is 10.6 Å². The fraction of sp³-hybridized carbons (Fsp3) is 0.429. The maximum absolute atomic E-state index is 11.7. The van der Waals surface area contributed by atoms with Crippen LogP contribution in [-0.4, -0.2) is 17.9 Å². The summed E-state index contributed by atoms with van der Waals surface area (Å²) in [6.45, 7) is 5.55. The van der Waals surface area contributed by atoms with Crippen LogP contribution in [0, 0.1) is 0 Å². The predicted molar refractivity (Wildman–Crippen MR) is 73.0 cm³/mol. The molecule has 0 bridgehead atoms. The van der Waals surface area contributed by atoms with Crippen molar-refractivity contribution in [3.63, 3.8) is 0 Å². The zero-order valence-corrected chi connectivity index (χ0v) is 11.1. The number of carbonyl (C=O) groups is 2. The average molecular weight is 248 g/mol. The van der Waals surface area contributed by atoms with E-state index in [-0.39, 0.29) is 17.9 Å². The first-order valence-electron chi connectivity index (χ1n) is 6.21. The molecule has 0 radical (unpaired) electrons. The van der Waals surface area contributed by atoms with E-state index in [1.165, 1.54) is 6.92 Å². The number of nitrogens with one attached hydrogen (secondary N) is 2. The molecular formula is C14H20N2O2. The van der Waals surface area contributed by atoms with Crippen molar-refractivity contribution in [3.05, 3.63) is 29.8 Å². The largest absolute Gasteiger partial charge is 0.335 e. The number of Topliss-reactive ketones (excluding diaryl/α,β-unsaturated/α-hetero) is 1. The Bertz CT molecular complexity index is 430. The standard InChI is InChI=1S/C14H20N2O2/c1-4-6-10(2)15-14(18)16-13-8-5-7-12(9-13)11(3)17/h5,7-10H,4,6H2,1-3H3,(H2,15,16,18). The van der Waals surface area contributed by atoms with Crippen molar-refractivity contribution >= 4 is 17.5 Å². The molecule has 2 amide bonds. The lowest BCUT2D eigenvalue weighted by atomic mass is 10.1. The van der Waals surface area contributed by atoms with E-state index in [0.717, 1.165) is 12.8 Å². The molecule has 1 atom stereocenters. The van der Waals surface area contributed by atoms with E-state index < -0.39 is 0 Å². The summed E-state index contributed by atoms with van der Waals surface area (Å²) < 4.78 is 0. The van der Waals surface area contributed by atoms with Gasteiger partial charge in [-0.05, 0) is 32.4 Å². The van der Waals surface area contributed by atoms with Gasteiger partial charge in [0, 0.05) is 17.3 Å². The van der Waals surface area contributed by atoms with Gasteiger partial charge in [-0.3, -0.25) is 4.79 Å². The number of urea groups is 1. The highest BCUT2D eigenvalue weighted by atomic mass is 16.2. The van der Waals surface area contributed by atoms with Crippen LogP contribution in [0.15, 0.2) is 24.3 Å².